The molecule has 1 heterocycles. The van der Waals surface area contributed by atoms with Crippen molar-refractivity contribution in [2.75, 3.05) is 0 Å². The number of halogens is 3. The first-order chi connectivity index (χ1) is 5.91. The van der Waals surface area contributed by atoms with Crippen LogP contribution >= 0.6 is 0 Å². The van der Waals surface area contributed by atoms with Gasteiger partial charge in [0.05, 0.1) is 0 Å². The van der Waals surface area contributed by atoms with Crippen molar-refractivity contribution in [3.05, 3.63) is 30.3 Å². The van der Waals surface area contributed by atoms with E-state index in [1.165, 1.54) is 17.0 Å². The molecule has 0 aliphatic carbocycles. The Bertz CT molecular complexity index is 316. The molecule has 0 spiro atoms. The van der Waals surface area contributed by atoms with Crippen LogP contribution in [0.3, 0.4) is 0 Å². The van der Waals surface area contributed by atoms with Crippen LogP contribution in [0.4, 0.5) is 12.9 Å². The summed E-state index contributed by atoms with van der Waals surface area (Å²) in [6.07, 6.45) is 2.97. The number of hydrogen-bond acceptors (Lipinski definition) is 1. The van der Waals surface area contributed by atoms with Gasteiger partial charge in [0.15, 0.2) is 0 Å². The largest absolute Gasteiger partial charge is 0.506 e. The maximum Gasteiger partial charge on any atom is 0.506 e. The van der Waals surface area contributed by atoms with Crippen LogP contribution in [0.2, 0.25) is 0 Å². The molecule has 1 aromatic rings. The van der Waals surface area contributed by atoms with Crippen molar-refractivity contribution < 1.29 is 12.9 Å². The zero-order valence-corrected chi connectivity index (χ0v) is 7.17. The number of imidazole rings is 1. The fraction of sp³-hybridized carbons (Fsp3) is 0.286. The number of allylic oxidation sites excluding steroid dienone is 1. The van der Waals surface area contributed by atoms with Crippen LogP contribution in [0.5, 0.6) is 0 Å². The molecule has 0 atom stereocenters. The maximum absolute atomic E-state index is 12.1. The van der Waals surface area contributed by atoms with Crippen molar-refractivity contribution in [1.29, 1.82) is 0 Å². The molecular weight excluding hydrogens is 180 g/mol. The molecule has 2 nitrogen and oxygen atoms in total. The van der Waals surface area contributed by atoms with E-state index < -0.39 is 12.4 Å². The minimum absolute atomic E-state index is 0.227. The summed E-state index contributed by atoms with van der Waals surface area (Å²) in [4.78, 5) is 3.81. The molecule has 0 N–H and O–H groups in total. The lowest BCUT2D eigenvalue weighted by molar-refractivity contribution is 0.482. The third-order valence-corrected chi connectivity index (χ3v) is 1.76. The third kappa shape index (κ3) is 2.37. The topological polar surface area (TPSA) is 17.8 Å². The number of aryl methyl sites for hydroxylation is 1. The highest BCUT2D eigenvalue weighted by atomic mass is 19.4. The van der Waals surface area contributed by atoms with Gasteiger partial charge in [-0.2, -0.15) is 0 Å². The first kappa shape index (κ1) is 9.89. The Morgan fingerprint density at radius 1 is 1.62 bits per heavy atom. The lowest BCUT2D eigenvalue weighted by atomic mass is 9.80. The summed E-state index contributed by atoms with van der Waals surface area (Å²) in [5.41, 5.74) is -0.707. The smallest absolute Gasteiger partial charge is 0.445 e. The van der Waals surface area contributed by atoms with Crippen molar-refractivity contribution in [2.45, 2.75) is 13.5 Å². The van der Waals surface area contributed by atoms with Crippen LogP contribution in [0.15, 0.2) is 24.4 Å². The quantitative estimate of drug-likeness (QED) is 0.666. The Balaban J connectivity index is 2.71. The summed E-state index contributed by atoms with van der Waals surface area (Å²) in [5, 5.41) is 0. The Morgan fingerprint density at radius 2 is 2.23 bits per heavy atom. The van der Waals surface area contributed by atoms with Crippen LogP contribution in [0, 0.1) is 6.92 Å². The van der Waals surface area contributed by atoms with E-state index in [0.29, 0.717) is 5.82 Å². The van der Waals surface area contributed by atoms with Gasteiger partial charge in [0, 0.05) is 18.9 Å². The van der Waals surface area contributed by atoms with Crippen LogP contribution in [0.1, 0.15) is 5.82 Å². The SMILES string of the molecule is C=C(Cn1ccnc1C)[B-](F)(F)F. The van der Waals surface area contributed by atoms with Gasteiger partial charge >= 0.3 is 6.98 Å². The van der Waals surface area contributed by atoms with Gasteiger partial charge in [-0.1, -0.05) is 0 Å². The first-order valence-corrected chi connectivity index (χ1v) is 3.76. The van der Waals surface area contributed by atoms with Gasteiger partial charge < -0.3 is 17.5 Å². The molecule has 72 valence electrons. The van der Waals surface area contributed by atoms with Crippen molar-refractivity contribution in [2.24, 2.45) is 0 Å². The molecule has 0 amide bonds. The fourth-order valence-corrected chi connectivity index (χ4v) is 0.893. The molecule has 0 aromatic carbocycles. The van der Waals surface area contributed by atoms with E-state index in [2.05, 4.69) is 11.6 Å². The van der Waals surface area contributed by atoms with E-state index in [9.17, 15) is 12.9 Å². The fourth-order valence-electron chi connectivity index (χ4n) is 0.893. The van der Waals surface area contributed by atoms with Crippen molar-refractivity contribution >= 4 is 6.98 Å². The zero-order valence-electron chi connectivity index (χ0n) is 7.17. The standard InChI is InChI=1S/C7H9BF3N2/c1-6(8(9,10)11)5-13-4-3-12-7(13)2/h3-4H,1,5H2,2H3/q-1. The molecule has 0 radical (unpaired) electrons. The molecule has 0 saturated heterocycles. The van der Waals surface area contributed by atoms with Crippen LogP contribution in [-0.2, 0) is 6.54 Å². The maximum atomic E-state index is 12.1. The van der Waals surface area contributed by atoms with Gasteiger partial charge in [-0.15, -0.1) is 12.1 Å². The normalized spacial score (nSPS) is 11.7. The molecule has 1 aromatic heterocycles. The molecular formula is C7H9BF3N2-. The van der Waals surface area contributed by atoms with Gasteiger partial charge in [0.1, 0.15) is 5.82 Å². The molecule has 6 heteroatoms. The van der Waals surface area contributed by atoms with Crippen LogP contribution in [0.25, 0.3) is 0 Å². The summed E-state index contributed by atoms with van der Waals surface area (Å²) in [5.74, 6) is 0.557. The Hall–Kier alpha value is -1.20. The average Bonchev–Trinajstić information content (AvgIpc) is 2.34. The van der Waals surface area contributed by atoms with Crippen molar-refractivity contribution in [1.82, 2.24) is 9.55 Å². The van der Waals surface area contributed by atoms with Crippen molar-refractivity contribution in [3.63, 3.8) is 0 Å². The number of hydrogen-bond donors (Lipinski definition) is 0. The second-order valence-corrected chi connectivity index (χ2v) is 2.84. The number of aromatic nitrogens is 2. The summed E-state index contributed by atoms with van der Waals surface area (Å²) in [7, 11) is 0. The average molecular weight is 189 g/mol. The molecule has 0 saturated carbocycles. The molecule has 0 fully saturated rings. The van der Waals surface area contributed by atoms with Gasteiger partial charge in [0.25, 0.3) is 0 Å². The van der Waals surface area contributed by atoms with Crippen LogP contribution in [-0.4, -0.2) is 16.5 Å². The molecule has 0 aliphatic heterocycles. The zero-order chi connectivity index (χ0) is 10.1. The van der Waals surface area contributed by atoms with Gasteiger partial charge in [0.2, 0.25) is 0 Å². The number of nitrogens with zero attached hydrogens (tertiary/aromatic N) is 2. The Kier molecular flexibility index (Phi) is 2.49. The minimum Gasteiger partial charge on any atom is -0.445 e. The molecule has 0 bridgehead atoms. The Labute approximate surface area is 74.1 Å². The van der Waals surface area contributed by atoms with Crippen molar-refractivity contribution in [3.8, 4) is 0 Å². The molecule has 0 aliphatic rings. The predicted octanol–water partition coefficient (Wildman–Crippen LogP) is 2.13. The van der Waals surface area contributed by atoms with E-state index >= 15 is 0 Å². The third-order valence-electron chi connectivity index (χ3n) is 1.76. The Morgan fingerprint density at radius 3 is 2.62 bits per heavy atom. The second-order valence-electron chi connectivity index (χ2n) is 2.84. The number of rotatable bonds is 3. The van der Waals surface area contributed by atoms with Gasteiger partial charge in [-0.3, -0.25) is 0 Å². The highest BCUT2D eigenvalue weighted by Gasteiger charge is 2.26. The highest BCUT2D eigenvalue weighted by Crippen LogP contribution is 2.19. The van der Waals surface area contributed by atoms with E-state index in [1.807, 2.05) is 0 Å². The first-order valence-electron chi connectivity index (χ1n) is 3.76. The summed E-state index contributed by atoms with van der Waals surface area (Å²) in [6, 6.07) is 0. The minimum atomic E-state index is -4.93. The van der Waals surface area contributed by atoms with E-state index in [-0.39, 0.29) is 6.54 Å². The summed E-state index contributed by atoms with van der Waals surface area (Å²) >= 11 is 0. The van der Waals surface area contributed by atoms with E-state index in [0.717, 1.165) is 0 Å². The monoisotopic (exact) mass is 189 g/mol. The van der Waals surface area contributed by atoms with E-state index in [4.69, 9.17) is 0 Å². The summed E-state index contributed by atoms with van der Waals surface area (Å²) < 4.78 is 37.7. The van der Waals surface area contributed by atoms with E-state index in [1.54, 1.807) is 6.92 Å². The predicted molar refractivity (Wildman–Crippen MR) is 45.2 cm³/mol. The molecule has 0 unspecified atom stereocenters. The molecule has 13 heavy (non-hydrogen) atoms. The van der Waals surface area contributed by atoms with Gasteiger partial charge in [-0.25, -0.2) is 4.98 Å². The lowest BCUT2D eigenvalue weighted by Crippen LogP contribution is -2.22. The van der Waals surface area contributed by atoms with Gasteiger partial charge in [-0.05, 0) is 6.92 Å². The lowest BCUT2D eigenvalue weighted by Gasteiger charge is -2.18. The summed E-state index contributed by atoms with van der Waals surface area (Å²) in [6.45, 7) is -0.516. The highest BCUT2D eigenvalue weighted by molar-refractivity contribution is 6.66. The molecule has 1 rings (SSSR count). The van der Waals surface area contributed by atoms with Crippen LogP contribution < -0.4 is 0 Å². The second kappa shape index (κ2) is 3.28.